The quantitative estimate of drug-likeness (QED) is 0.840. The first-order chi connectivity index (χ1) is 9.87. The van der Waals surface area contributed by atoms with E-state index in [0.717, 1.165) is 29.8 Å². The maximum absolute atomic E-state index is 12.4. The van der Waals surface area contributed by atoms with Crippen LogP contribution in [-0.4, -0.2) is 42.9 Å². The summed E-state index contributed by atoms with van der Waals surface area (Å²) in [5.41, 5.74) is 0.482. The van der Waals surface area contributed by atoms with Crippen molar-refractivity contribution in [2.45, 2.75) is 26.4 Å². The molecule has 1 heterocycles. The van der Waals surface area contributed by atoms with E-state index < -0.39 is 5.60 Å². The highest BCUT2D eigenvalue weighted by atomic mass is 79.9. The smallest absolute Gasteiger partial charge is 0.429 e. The van der Waals surface area contributed by atoms with Crippen LogP contribution in [0.1, 0.15) is 20.8 Å². The Hall–Kier alpha value is -1.27. The molecule has 21 heavy (non-hydrogen) atoms. The maximum atomic E-state index is 12.4. The number of halogens is 1. The zero-order valence-electron chi connectivity index (χ0n) is 12.7. The summed E-state index contributed by atoms with van der Waals surface area (Å²) in [5.74, 6) is 0. The average Bonchev–Trinajstić information content (AvgIpc) is 2.63. The number of rotatable bonds is 1. The first kappa shape index (κ1) is 16.1. The van der Waals surface area contributed by atoms with Crippen molar-refractivity contribution in [3.8, 4) is 0 Å². The summed E-state index contributed by atoms with van der Waals surface area (Å²) in [5, 5.41) is 6.95. The van der Waals surface area contributed by atoms with Gasteiger partial charge in [-0.25, -0.2) is 9.80 Å². The highest BCUT2D eigenvalue weighted by Gasteiger charge is 2.28. The Labute approximate surface area is 134 Å². The van der Waals surface area contributed by atoms with Crippen molar-refractivity contribution in [3.05, 3.63) is 28.7 Å². The van der Waals surface area contributed by atoms with Crippen LogP contribution >= 0.6 is 15.9 Å². The molecule has 0 atom stereocenters. The van der Waals surface area contributed by atoms with Gasteiger partial charge >= 0.3 is 6.09 Å². The lowest BCUT2D eigenvalue weighted by atomic mass is 10.2. The predicted octanol–water partition coefficient (Wildman–Crippen LogP) is 3.01. The molecule has 6 heteroatoms. The van der Waals surface area contributed by atoms with Crippen molar-refractivity contribution in [2.24, 2.45) is 0 Å². The first-order valence-electron chi connectivity index (χ1n) is 7.11. The minimum atomic E-state index is -0.498. The summed E-state index contributed by atoms with van der Waals surface area (Å²) in [6.07, 6.45) is -0.311. The molecule has 1 aromatic carbocycles. The summed E-state index contributed by atoms with van der Waals surface area (Å²) in [4.78, 5) is 12.4. The lowest BCUT2D eigenvalue weighted by Crippen LogP contribution is -2.49. The van der Waals surface area contributed by atoms with Crippen molar-refractivity contribution in [2.75, 3.05) is 31.2 Å². The second-order valence-corrected chi connectivity index (χ2v) is 6.87. The lowest BCUT2D eigenvalue weighted by molar-refractivity contribution is 0.0239. The zero-order chi connectivity index (χ0) is 15.5. The van der Waals surface area contributed by atoms with Gasteiger partial charge in [0, 0.05) is 17.6 Å². The Balaban J connectivity index is 2.21. The molecule has 0 radical (unpaired) electrons. The molecule has 1 aliphatic rings. The number of hydrogen-bond donors (Lipinski definition) is 1. The summed E-state index contributed by atoms with van der Waals surface area (Å²) >= 11 is 3.43. The molecule has 5 nitrogen and oxygen atoms in total. The molecule has 1 saturated heterocycles. The molecule has 2 rings (SSSR count). The normalized spacial score (nSPS) is 16.6. The van der Waals surface area contributed by atoms with E-state index in [0.29, 0.717) is 6.54 Å². The number of hydrogen-bond acceptors (Lipinski definition) is 4. The van der Waals surface area contributed by atoms with Gasteiger partial charge in [0.05, 0.1) is 18.8 Å². The summed E-state index contributed by atoms with van der Waals surface area (Å²) in [6.45, 7) is 8.54. The average molecular weight is 356 g/mol. The van der Waals surface area contributed by atoms with Gasteiger partial charge in [-0.15, -0.1) is 0 Å². The van der Waals surface area contributed by atoms with E-state index in [4.69, 9.17) is 4.74 Å². The number of anilines is 1. The molecule has 1 N–H and O–H groups in total. The second-order valence-electron chi connectivity index (χ2n) is 5.95. The molecule has 1 fully saturated rings. The van der Waals surface area contributed by atoms with Crippen LogP contribution in [0.4, 0.5) is 10.5 Å². The first-order valence-corrected chi connectivity index (χ1v) is 7.90. The number of benzene rings is 1. The SMILES string of the molecule is CC(C)(C)OC(=O)N1CCNCCN1c1ccc(Br)cc1. The van der Waals surface area contributed by atoms with E-state index in [1.165, 1.54) is 0 Å². The fraction of sp³-hybridized carbons (Fsp3) is 0.533. The Kier molecular flexibility index (Phi) is 5.11. The fourth-order valence-corrected chi connectivity index (χ4v) is 2.39. The van der Waals surface area contributed by atoms with Gasteiger partial charge in [0.15, 0.2) is 0 Å². The molecular weight excluding hydrogens is 334 g/mol. The van der Waals surface area contributed by atoms with Crippen LogP contribution in [0.3, 0.4) is 0 Å². The van der Waals surface area contributed by atoms with Gasteiger partial charge in [0.2, 0.25) is 0 Å². The van der Waals surface area contributed by atoms with Gasteiger partial charge in [-0.2, -0.15) is 0 Å². The molecule has 116 valence electrons. The molecule has 0 saturated carbocycles. The minimum absolute atomic E-state index is 0.311. The highest BCUT2D eigenvalue weighted by Crippen LogP contribution is 2.22. The van der Waals surface area contributed by atoms with Gasteiger partial charge < -0.3 is 10.1 Å². The second kappa shape index (κ2) is 6.66. The number of carbonyl (C=O) groups is 1. The highest BCUT2D eigenvalue weighted by molar-refractivity contribution is 9.10. The number of hydrazine groups is 1. The third-order valence-corrected chi connectivity index (χ3v) is 3.55. The van der Waals surface area contributed by atoms with Crippen LogP contribution in [0.2, 0.25) is 0 Å². The van der Waals surface area contributed by atoms with Crippen LogP contribution in [0, 0.1) is 0 Å². The number of nitrogens with zero attached hydrogens (tertiary/aromatic N) is 2. The molecular formula is C15H22BrN3O2. The van der Waals surface area contributed by atoms with Crippen LogP contribution in [0.25, 0.3) is 0 Å². The van der Waals surface area contributed by atoms with Crippen molar-refractivity contribution >= 4 is 27.7 Å². The van der Waals surface area contributed by atoms with Gasteiger partial charge in [-0.3, -0.25) is 5.01 Å². The van der Waals surface area contributed by atoms with Crippen LogP contribution in [0.5, 0.6) is 0 Å². The Morgan fingerprint density at radius 1 is 1.19 bits per heavy atom. The van der Waals surface area contributed by atoms with Gasteiger partial charge in [-0.1, -0.05) is 15.9 Å². The monoisotopic (exact) mass is 355 g/mol. The molecule has 1 aromatic rings. The number of amides is 1. The lowest BCUT2D eigenvalue weighted by Gasteiger charge is -2.35. The van der Waals surface area contributed by atoms with Crippen LogP contribution in [0.15, 0.2) is 28.7 Å². The summed E-state index contributed by atoms with van der Waals surface area (Å²) < 4.78 is 6.53. The molecule has 0 bridgehead atoms. The van der Waals surface area contributed by atoms with Crippen molar-refractivity contribution in [3.63, 3.8) is 0 Å². The van der Waals surface area contributed by atoms with E-state index in [2.05, 4.69) is 21.2 Å². The number of carbonyl (C=O) groups excluding carboxylic acids is 1. The topological polar surface area (TPSA) is 44.8 Å². The molecule has 0 spiro atoms. The molecule has 0 unspecified atom stereocenters. The summed E-state index contributed by atoms with van der Waals surface area (Å²) in [7, 11) is 0. The molecule has 0 aromatic heterocycles. The van der Waals surface area contributed by atoms with Crippen molar-refractivity contribution in [1.82, 2.24) is 10.3 Å². The Morgan fingerprint density at radius 3 is 2.43 bits per heavy atom. The van der Waals surface area contributed by atoms with Crippen LogP contribution in [-0.2, 0) is 4.74 Å². The third-order valence-electron chi connectivity index (χ3n) is 3.02. The Morgan fingerprint density at radius 2 is 1.81 bits per heavy atom. The van der Waals surface area contributed by atoms with Crippen LogP contribution < -0.4 is 10.3 Å². The molecule has 0 aliphatic carbocycles. The van der Waals surface area contributed by atoms with E-state index in [9.17, 15) is 4.79 Å². The van der Waals surface area contributed by atoms with E-state index in [1.54, 1.807) is 5.01 Å². The molecule has 1 aliphatic heterocycles. The third kappa shape index (κ3) is 4.61. The standard InChI is InChI=1S/C15H22BrN3O2/c1-15(2,3)21-14(20)19-11-9-17-8-10-18(19)13-6-4-12(16)5-7-13/h4-7,17H,8-11H2,1-3H3. The van der Waals surface area contributed by atoms with Crippen molar-refractivity contribution < 1.29 is 9.53 Å². The van der Waals surface area contributed by atoms with E-state index in [-0.39, 0.29) is 6.09 Å². The number of ether oxygens (including phenoxy) is 1. The molecule has 1 amide bonds. The van der Waals surface area contributed by atoms with E-state index in [1.807, 2.05) is 50.0 Å². The minimum Gasteiger partial charge on any atom is -0.442 e. The van der Waals surface area contributed by atoms with Gasteiger partial charge in [0.25, 0.3) is 0 Å². The van der Waals surface area contributed by atoms with Crippen molar-refractivity contribution in [1.29, 1.82) is 0 Å². The zero-order valence-corrected chi connectivity index (χ0v) is 14.3. The Bertz CT molecular complexity index is 485. The number of nitrogens with one attached hydrogen (secondary N) is 1. The maximum Gasteiger partial charge on any atom is 0.429 e. The largest absolute Gasteiger partial charge is 0.442 e. The predicted molar refractivity (Wildman–Crippen MR) is 87.3 cm³/mol. The summed E-state index contributed by atoms with van der Waals surface area (Å²) in [6, 6.07) is 7.93. The fourth-order valence-electron chi connectivity index (χ4n) is 2.12. The van der Waals surface area contributed by atoms with Gasteiger partial charge in [0.1, 0.15) is 5.60 Å². The van der Waals surface area contributed by atoms with Gasteiger partial charge in [-0.05, 0) is 45.0 Å². The van der Waals surface area contributed by atoms with E-state index >= 15 is 0 Å².